The Bertz CT molecular complexity index is 417. The van der Waals surface area contributed by atoms with Gasteiger partial charge in [0, 0.05) is 30.8 Å². The number of methoxy groups -OCH3 is 1. The van der Waals surface area contributed by atoms with Crippen LogP contribution in [0.4, 0.5) is 5.69 Å². The maximum absolute atomic E-state index is 11.3. The lowest BCUT2D eigenvalue weighted by Crippen LogP contribution is -2.17. The van der Waals surface area contributed by atoms with E-state index in [0.29, 0.717) is 6.42 Å². The van der Waals surface area contributed by atoms with Crippen molar-refractivity contribution in [2.75, 3.05) is 25.6 Å². The molecule has 0 bridgehead atoms. The molecule has 4 heteroatoms. The summed E-state index contributed by atoms with van der Waals surface area (Å²) in [7, 11) is 3.34. The number of likely N-dealkylation sites (N-methyl/N-ethyl adjacent to an activating group) is 1. The van der Waals surface area contributed by atoms with Gasteiger partial charge in [-0.2, -0.15) is 0 Å². The molecule has 0 fully saturated rings. The highest BCUT2D eigenvalue weighted by Crippen LogP contribution is 2.42. The highest BCUT2D eigenvalue weighted by molar-refractivity contribution is 5.74. The van der Waals surface area contributed by atoms with E-state index in [1.165, 1.54) is 7.11 Å². The molecule has 1 aromatic rings. The number of carbonyl (C=O) groups is 1. The lowest BCUT2D eigenvalue weighted by Gasteiger charge is -2.11. The summed E-state index contributed by atoms with van der Waals surface area (Å²) in [6.45, 7) is 0.738. The van der Waals surface area contributed by atoms with Gasteiger partial charge in [0.2, 0.25) is 0 Å². The Morgan fingerprint density at radius 2 is 2.38 bits per heavy atom. The number of ether oxygens (including phenoxy) is 1. The van der Waals surface area contributed by atoms with Crippen LogP contribution < -0.4 is 4.90 Å². The molecule has 0 amide bonds. The molecular weight excluding hydrogens is 206 g/mol. The Balaban J connectivity index is 2.31. The van der Waals surface area contributed by atoms with E-state index in [9.17, 15) is 9.90 Å². The Morgan fingerprint density at radius 3 is 3.06 bits per heavy atom. The molecule has 0 spiro atoms. The van der Waals surface area contributed by atoms with Gasteiger partial charge in [0.1, 0.15) is 5.75 Å². The molecule has 1 atom stereocenters. The molecule has 4 nitrogen and oxygen atoms in total. The minimum Gasteiger partial charge on any atom is -0.508 e. The van der Waals surface area contributed by atoms with Crippen molar-refractivity contribution in [3.63, 3.8) is 0 Å². The maximum Gasteiger partial charge on any atom is 0.306 e. The molecule has 86 valence electrons. The first-order valence-electron chi connectivity index (χ1n) is 5.23. The summed E-state index contributed by atoms with van der Waals surface area (Å²) in [5.41, 5.74) is 1.85. The topological polar surface area (TPSA) is 49.8 Å². The quantitative estimate of drug-likeness (QED) is 0.769. The second-order valence-electron chi connectivity index (χ2n) is 4.07. The fourth-order valence-corrected chi connectivity index (χ4v) is 2.26. The number of aromatic hydroxyl groups is 1. The van der Waals surface area contributed by atoms with E-state index < -0.39 is 0 Å². The van der Waals surface area contributed by atoms with Gasteiger partial charge in [-0.3, -0.25) is 4.79 Å². The van der Waals surface area contributed by atoms with Crippen LogP contribution in [0.5, 0.6) is 5.75 Å². The van der Waals surface area contributed by atoms with E-state index in [4.69, 9.17) is 0 Å². The van der Waals surface area contributed by atoms with Gasteiger partial charge >= 0.3 is 5.97 Å². The minimum absolute atomic E-state index is 0.0219. The molecule has 1 aliphatic heterocycles. The van der Waals surface area contributed by atoms with Gasteiger partial charge in [0.05, 0.1) is 13.5 Å². The van der Waals surface area contributed by atoms with E-state index in [2.05, 4.69) is 4.74 Å². The number of carbonyl (C=O) groups excluding carboxylic acids is 1. The Labute approximate surface area is 94.4 Å². The van der Waals surface area contributed by atoms with Gasteiger partial charge in [0.25, 0.3) is 0 Å². The van der Waals surface area contributed by atoms with E-state index in [1.807, 2.05) is 24.1 Å². The number of phenolic OH excluding ortho intramolecular Hbond substituents is 1. The van der Waals surface area contributed by atoms with Crippen LogP contribution >= 0.6 is 0 Å². The van der Waals surface area contributed by atoms with E-state index in [0.717, 1.165) is 17.8 Å². The summed E-state index contributed by atoms with van der Waals surface area (Å²) in [5.74, 6) is 0.0407. The van der Waals surface area contributed by atoms with Crippen LogP contribution in [0, 0.1) is 0 Å². The zero-order chi connectivity index (χ0) is 11.7. The molecule has 0 saturated carbocycles. The first kappa shape index (κ1) is 10.8. The molecule has 16 heavy (non-hydrogen) atoms. The zero-order valence-corrected chi connectivity index (χ0v) is 9.43. The van der Waals surface area contributed by atoms with Gasteiger partial charge in [-0.05, 0) is 12.1 Å². The normalized spacial score (nSPS) is 18.4. The second kappa shape index (κ2) is 4.04. The largest absolute Gasteiger partial charge is 0.508 e. The number of anilines is 1. The molecule has 0 aliphatic carbocycles. The molecule has 1 heterocycles. The third-order valence-electron chi connectivity index (χ3n) is 3.01. The minimum atomic E-state index is -0.241. The van der Waals surface area contributed by atoms with Gasteiger partial charge in [0.15, 0.2) is 0 Å². The number of hydrogen-bond acceptors (Lipinski definition) is 4. The Morgan fingerprint density at radius 1 is 1.62 bits per heavy atom. The lowest BCUT2D eigenvalue weighted by molar-refractivity contribution is -0.140. The smallest absolute Gasteiger partial charge is 0.306 e. The highest BCUT2D eigenvalue weighted by Gasteiger charge is 2.30. The molecule has 0 radical (unpaired) electrons. The van der Waals surface area contributed by atoms with Crippen molar-refractivity contribution in [2.45, 2.75) is 12.3 Å². The Kier molecular flexibility index (Phi) is 2.73. The molecular formula is C12H15NO3. The predicted octanol–water partition coefficient (Wildman–Crippen LogP) is 1.49. The number of fused-ring (bicyclic) bond motifs is 1. The van der Waals surface area contributed by atoms with Crippen LogP contribution in [0.1, 0.15) is 17.9 Å². The van der Waals surface area contributed by atoms with E-state index in [-0.39, 0.29) is 17.6 Å². The van der Waals surface area contributed by atoms with Crippen molar-refractivity contribution < 1.29 is 14.6 Å². The number of rotatable bonds is 2. The first-order chi connectivity index (χ1) is 7.63. The summed E-state index contributed by atoms with van der Waals surface area (Å²) >= 11 is 0. The zero-order valence-electron chi connectivity index (χ0n) is 9.43. The summed E-state index contributed by atoms with van der Waals surface area (Å²) in [6, 6.07) is 5.42. The number of nitrogens with zero attached hydrogens (tertiary/aromatic N) is 1. The van der Waals surface area contributed by atoms with Crippen molar-refractivity contribution in [2.24, 2.45) is 0 Å². The van der Waals surface area contributed by atoms with Crippen LogP contribution in [-0.2, 0) is 9.53 Å². The maximum atomic E-state index is 11.3. The average molecular weight is 221 g/mol. The predicted molar refractivity (Wildman–Crippen MR) is 60.8 cm³/mol. The lowest BCUT2D eigenvalue weighted by atomic mass is 9.97. The Hall–Kier alpha value is -1.71. The molecule has 0 saturated heterocycles. The van der Waals surface area contributed by atoms with Crippen molar-refractivity contribution in [3.8, 4) is 5.75 Å². The summed E-state index contributed by atoms with van der Waals surface area (Å²) in [5, 5.41) is 9.83. The van der Waals surface area contributed by atoms with Crippen molar-refractivity contribution >= 4 is 11.7 Å². The second-order valence-corrected chi connectivity index (χ2v) is 4.07. The summed E-state index contributed by atoms with van der Waals surface area (Å²) in [4.78, 5) is 13.3. The van der Waals surface area contributed by atoms with Crippen molar-refractivity contribution in [1.29, 1.82) is 0 Å². The third-order valence-corrected chi connectivity index (χ3v) is 3.01. The van der Waals surface area contributed by atoms with E-state index >= 15 is 0 Å². The van der Waals surface area contributed by atoms with Gasteiger partial charge < -0.3 is 14.7 Å². The summed E-state index contributed by atoms with van der Waals surface area (Å²) in [6.07, 6.45) is 0.311. The third kappa shape index (κ3) is 1.71. The van der Waals surface area contributed by atoms with Gasteiger partial charge in [-0.25, -0.2) is 0 Å². The molecule has 2 rings (SSSR count). The van der Waals surface area contributed by atoms with Gasteiger partial charge in [-0.15, -0.1) is 0 Å². The average Bonchev–Trinajstić information content (AvgIpc) is 2.57. The van der Waals surface area contributed by atoms with Crippen LogP contribution in [0.3, 0.4) is 0 Å². The van der Waals surface area contributed by atoms with Crippen LogP contribution in [-0.4, -0.2) is 31.8 Å². The summed E-state index contributed by atoms with van der Waals surface area (Å²) < 4.78 is 4.66. The SMILES string of the molecule is COC(=O)CC1CN(C)c2cccc(O)c21. The first-order valence-corrected chi connectivity index (χ1v) is 5.23. The number of hydrogen-bond donors (Lipinski definition) is 1. The molecule has 1 aromatic carbocycles. The molecule has 1 N–H and O–H groups in total. The van der Waals surface area contributed by atoms with Crippen molar-refractivity contribution in [3.05, 3.63) is 23.8 Å². The van der Waals surface area contributed by atoms with Crippen LogP contribution in [0.15, 0.2) is 18.2 Å². The molecule has 0 aromatic heterocycles. The highest BCUT2D eigenvalue weighted by atomic mass is 16.5. The molecule has 1 unspecified atom stereocenters. The van der Waals surface area contributed by atoms with E-state index in [1.54, 1.807) is 6.07 Å². The monoisotopic (exact) mass is 221 g/mol. The van der Waals surface area contributed by atoms with Gasteiger partial charge in [-0.1, -0.05) is 6.07 Å². The standard InChI is InChI=1S/C12H15NO3/c1-13-7-8(6-11(15)16-2)12-9(13)4-3-5-10(12)14/h3-5,8,14H,6-7H2,1-2H3. The van der Waals surface area contributed by atoms with Crippen LogP contribution in [0.2, 0.25) is 0 Å². The van der Waals surface area contributed by atoms with Crippen molar-refractivity contribution in [1.82, 2.24) is 0 Å². The number of benzene rings is 1. The molecule has 1 aliphatic rings. The fraction of sp³-hybridized carbons (Fsp3) is 0.417. The fourth-order valence-electron chi connectivity index (χ4n) is 2.26. The number of phenols is 1. The number of esters is 1. The van der Waals surface area contributed by atoms with Crippen LogP contribution in [0.25, 0.3) is 0 Å².